The van der Waals surface area contributed by atoms with Gasteiger partial charge in [0, 0.05) is 25.6 Å². The monoisotopic (exact) mass is 306 g/mol. The van der Waals surface area contributed by atoms with E-state index in [1.807, 2.05) is 0 Å². The average molecular weight is 306 g/mol. The summed E-state index contributed by atoms with van der Waals surface area (Å²) in [6, 6.07) is 0.508. The molecule has 7 heteroatoms. The van der Waals surface area contributed by atoms with Crippen molar-refractivity contribution in [2.45, 2.75) is 57.4 Å². The van der Waals surface area contributed by atoms with Crippen LogP contribution in [0.4, 0.5) is 0 Å². The number of rotatable bonds is 9. The topological polar surface area (TPSA) is 95.5 Å². The summed E-state index contributed by atoms with van der Waals surface area (Å²) in [5, 5.41) is 11.9. The number of carboxylic acid groups (broad SMARTS) is 1. The van der Waals surface area contributed by atoms with Crippen LogP contribution in [0.1, 0.15) is 51.4 Å². The van der Waals surface area contributed by atoms with Crippen LogP contribution in [-0.4, -0.2) is 44.4 Å². The van der Waals surface area contributed by atoms with Crippen molar-refractivity contribution < 1.29 is 18.3 Å². The molecule has 0 radical (unpaired) electrons. The van der Waals surface area contributed by atoms with E-state index in [0.717, 1.165) is 0 Å². The number of hydrogen-bond donors (Lipinski definition) is 3. The van der Waals surface area contributed by atoms with Crippen molar-refractivity contribution in [1.29, 1.82) is 0 Å². The minimum atomic E-state index is -3.34. The van der Waals surface area contributed by atoms with Crippen LogP contribution >= 0.6 is 0 Å². The van der Waals surface area contributed by atoms with Gasteiger partial charge in [-0.05, 0) is 19.3 Å². The Bertz CT molecular complexity index is 376. The standard InChI is InChI=1S/C13H26N2O4S/c16-13(17)8-5-11-20(18,19)15-10-9-14-12-6-3-1-2-4-7-12/h12,14-15H,1-11H2,(H,16,17). The van der Waals surface area contributed by atoms with Crippen LogP contribution in [0.2, 0.25) is 0 Å². The maximum Gasteiger partial charge on any atom is 0.303 e. The van der Waals surface area contributed by atoms with Crippen molar-refractivity contribution in [3.8, 4) is 0 Å². The molecule has 118 valence electrons. The minimum Gasteiger partial charge on any atom is -0.481 e. The number of hydrogen-bond acceptors (Lipinski definition) is 4. The van der Waals surface area contributed by atoms with E-state index in [9.17, 15) is 13.2 Å². The molecule has 0 spiro atoms. The van der Waals surface area contributed by atoms with E-state index >= 15 is 0 Å². The van der Waals surface area contributed by atoms with Crippen LogP contribution in [0.15, 0.2) is 0 Å². The van der Waals surface area contributed by atoms with Gasteiger partial charge < -0.3 is 10.4 Å². The predicted molar refractivity (Wildman–Crippen MR) is 78.2 cm³/mol. The zero-order valence-electron chi connectivity index (χ0n) is 11.9. The summed E-state index contributed by atoms with van der Waals surface area (Å²) >= 11 is 0. The van der Waals surface area contributed by atoms with Crippen LogP contribution in [0.3, 0.4) is 0 Å². The quantitative estimate of drug-likeness (QED) is 0.438. The Balaban J connectivity index is 2.10. The van der Waals surface area contributed by atoms with E-state index in [-0.39, 0.29) is 18.6 Å². The molecule has 0 aromatic carbocycles. The molecule has 6 nitrogen and oxygen atoms in total. The summed E-state index contributed by atoms with van der Waals surface area (Å²) in [6.07, 6.45) is 7.48. The Labute approximate surface area is 121 Å². The van der Waals surface area contributed by atoms with Crippen molar-refractivity contribution in [2.75, 3.05) is 18.8 Å². The predicted octanol–water partition coefficient (Wildman–Crippen LogP) is 1.08. The molecular formula is C13H26N2O4S. The molecule has 0 unspecified atom stereocenters. The molecule has 1 fully saturated rings. The third-order valence-electron chi connectivity index (χ3n) is 3.54. The van der Waals surface area contributed by atoms with Crippen LogP contribution in [-0.2, 0) is 14.8 Å². The van der Waals surface area contributed by atoms with E-state index < -0.39 is 16.0 Å². The summed E-state index contributed by atoms with van der Waals surface area (Å²) in [5.41, 5.74) is 0. The lowest BCUT2D eigenvalue weighted by atomic mass is 10.1. The molecule has 1 aliphatic rings. The number of sulfonamides is 1. The largest absolute Gasteiger partial charge is 0.481 e. The highest BCUT2D eigenvalue weighted by molar-refractivity contribution is 7.89. The van der Waals surface area contributed by atoms with Gasteiger partial charge in [-0.3, -0.25) is 4.79 Å². The highest BCUT2D eigenvalue weighted by atomic mass is 32.2. The summed E-state index contributed by atoms with van der Waals surface area (Å²) in [6.45, 7) is 0.995. The fourth-order valence-corrected chi connectivity index (χ4v) is 3.53. The number of aliphatic carboxylic acids is 1. The molecule has 1 rings (SSSR count). The average Bonchev–Trinajstić information content (AvgIpc) is 2.62. The molecule has 3 N–H and O–H groups in total. The summed E-state index contributed by atoms with van der Waals surface area (Å²) in [4.78, 5) is 10.3. The Kier molecular flexibility index (Phi) is 8.09. The van der Waals surface area contributed by atoms with Gasteiger partial charge in [0.2, 0.25) is 10.0 Å². The Morgan fingerprint density at radius 1 is 1.10 bits per heavy atom. The van der Waals surface area contributed by atoms with Crippen LogP contribution < -0.4 is 10.0 Å². The fraction of sp³-hybridized carbons (Fsp3) is 0.923. The van der Waals surface area contributed by atoms with E-state index in [1.54, 1.807) is 0 Å². The molecular weight excluding hydrogens is 280 g/mol. The first-order chi connectivity index (χ1) is 9.49. The third kappa shape index (κ3) is 8.50. The van der Waals surface area contributed by atoms with Gasteiger partial charge in [-0.25, -0.2) is 13.1 Å². The van der Waals surface area contributed by atoms with Crippen LogP contribution in [0.5, 0.6) is 0 Å². The number of nitrogens with one attached hydrogen (secondary N) is 2. The zero-order valence-corrected chi connectivity index (χ0v) is 12.8. The lowest BCUT2D eigenvalue weighted by molar-refractivity contribution is -0.137. The highest BCUT2D eigenvalue weighted by Crippen LogP contribution is 2.16. The van der Waals surface area contributed by atoms with Gasteiger partial charge in [0.05, 0.1) is 5.75 Å². The Morgan fingerprint density at radius 3 is 2.35 bits per heavy atom. The molecule has 1 aliphatic carbocycles. The molecule has 0 amide bonds. The highest BCUT2D eigenvalue weighted by Gasteiger charge is 2.13. The smallest absolute Gasteiger partial charge is 0.303 e. The lowest BCUT2D eigenvalue weighted by Gasteiger charge is -2.16. The molecule has 1 saturated carbocycles. The van der Waals surface area contributed by atoms with Crippen LogP contribution in [0, 0.1) is 0 Å². The van der Waals surface area contributed by atoms with Crippen LogP contribution in [0.25, 0.3) is 0 Å². The molecule has 0 saturated heterocycles. The summed E-state index contributed by atoms with van der Waals surface area (Å²) < 4.78 is 25.7. The first-order valence-electron chi connectivity index (χ1n) is 7.42. The maximum absolute atomic E-state index is 11.6. The van der Waals surface area contributed by atoms with Gasteiger partial charge in [0.1, 0.15) is 0 Å². The molecule has 0 atom stereocenters. The Hall–Kier alpha value is -0.660. The van der Waals surface area contributed by atoms with Crippen molar-refractivity contribution in [1.82, 2.24) is 10.0 Å². The maximum atomic E-state index is 11.6. The SMILES string of the molecule is O=C(O)CCCS(=O)(=O)NCCNC1CCCCCC1. The molecule has 20 heavy (non-hydrogen) atoms. The second kappa shape index (κ2) is 9.31. The van der Waals surface area contributed by atoms with E-state index in [2.05, 4.69) is 10.0 Å². The third-order valence-corrected chi connectivity index (χ3v) is 5.01. The molecule has 0 heterocycles. The number of carbonyl (C=O) groups is 1. The minimum absolute atomic E-state index is 0.110. The van der Waals surface area contributed by atoms with E-state index in [4.69, 9.17) is 5.11 Å². The summed E-state index contributed by atoms with van der Waals surface area (Å²) in [5.74, 6) is -1.09. The van der Waals surface area contributed by atoms with Crippen molar-refractivity contribution >= 4 is 16.0 Å². The van der Waals surface area contributed by atoms with Crippen molar-refractivity contribution in [3.63, 3.8) is 0 Å². The zero-order chi connectivity index (χ0) is 14.8. The number of carboxylic acids is 1. The normalized spacial score (nSPS) is 17.8. The fourth-order valence-electron chi connectivity index (χ4n) is 2.45. The van der Waals surface area contributed by atoms with Gasteiger partial charge in [0.25, 0.3) is 0 Å². The van der Waals surface area contributed by atoms with Crippen molar-refractivity contribution in [2.24, 2.45) is 0 Å². The lowest BCUT2D eigenvalue weighted by Crippen LogP contribution is -2.37. The molecule has 0 aromatic heterocycles. The van der Waals surface area contributed by atoms with Gasteiger partial charge in [-0.15, -0.1) is 0 Å². The first kappa shape index (κ1) is 17.4. The van der Waals surface area contributed by atoms with E-state index in [1.165, 1.54) is 38.5 Å². The van der Waals surface area contributed by atoms with Gasteiger partial charge >= 0.3 is 5.97 Å². The summed E-state index contributed by atoms with van der Waals surface area (Å²) in [7, 11) is -3.34. The van der Waals surface area contributed by atoms with Crippen molar-refractivity contribution in [3.05, 3.63) is 0 Å². The first-order valence-corrected chi connectivity index (χ1v) is 9.07. The molecule has 0 aliphatic heterocycles. The van der Waals surface area contributed by atoms with Gasteiger partial charge in [-0.1, -0.05) is 25.7 Å². The Morgan fingerprint density at radius 2 is 1.75 bits per heavy atom. The van der Waals surface area contributed by atoms with E-state index in [0.29, 0.717) is 19.1 Å². The second-order valence-electron chi connectivity index (χ2n) is 5.35. The van der Waals surface area contributed by atoms with Gasteiger partial charge in [0.15, 0.2) is 0 Å². The van der Waals surface area contributed by atoms with Gasteiger partial charge in [-0.2, -0.15) is 0 Å². The second-order valence-corrected chi connectivity index (χ2v) is 7.28. The molecule has 0 bridgehead atoms. The molecule has 0 aromatic rings.